The molecule has 1 saturated heterocycles. The lowest BCUT2D eigenvalue weighted by molar-refractivity contribution is 0.0943. The van der Waals surface area contributed by atoms with Crippen molar-refractivity contribution in [2.24, 2.45) is 5.92 Å². The third-order valence-corrected chi connectivity index (χ3v) is 2.89. The molecule has 5 nitrogen and oxygen atoms in total. The van der Waals surface area contributed by atoms with Gasteiger partial charge in [0.25, 0.3) is 0 Å². The second-order valence-corrected chi connectivity index (χ2v) is 5.42. The van der Waals surface area contributed by atoms with Crippen molar-refractivity contribution in [3.8, 4) is 0 Å². The summed E-state index contributed by atoms with van der Waals surface area (Å²) in [6, 6.07) is -0.00634. The summed E-state index contributed by atoms with van der Waals surface area (Å²) in [6.45, 7) is 10.1. The Morgan fingerprint density at radius 3 is 2.67 bits per heavy atom. The second kappa shape index (κ2) is 7.59. The van der Waals surface area contributed by atoms with E-state index in [0.29, 0.717) is 12.5 Å². The van der Waals surface area contributed by atoms with Crippen LogP contribution < -0.4 is 10.6 Å². The third kappa shape index (κ3) is 5.69. The Morgan fingerprint density at radius 1 is 1.39 bits per heavy atom. The highest BCUT2D eigenvalue weighted by atomic mass is 16.5. The molecule has 0 saturated carbocycles. The maximum Gasteiger partial charge on any atom is 0.315 e. The number of carbonyl (C=O) groups is 1. The highest BCUT2D eigenvalue weighted by Gasteiger charge is 2.25. The molecule has 0 aromatic rings. The molecule has 1 aliphatic rings. The molecule has 1 heterocycles. The van der Waals surface area contributed by atoms with Gasteiger partial charge in [-0.05, 0) is 26.2 Å². The van der Waals surface area contributed by atoms with Crippen LogP contribution in [0.4, 0.5) is 4.79 Å². The van der Waals surface area contributed by atoms with Crippen molar-refractivity contribution in [3.63, 3.8) is 0 Å². The zero-order valence-electron chi connectivity index (χ0n) is 11.9. The number of rotatable bonds is 6. The van der Waals surface area contributed by atoms with Gasteiger partial charge in [-0.25, -0.2) is 4.79 Å². The Labute approximate surface area is 110 Å². The summed E-state index contributed by atoms with van der Waals surface area (Å²) in [4.78, 5) is 11.7. The van der Waals surface area contributed by atoms with E-state index in [0.717, 1.165) is 19.6 Å². The first-order valence-electron chi connectivity index (χ1n) is 6.75. The third-order valence-electron chi connectivity index (χ3n) is 2.89. The molecule has 0 radical (unpaired) electrons. The highest BCUT2D eigenvalue weighted by Crippen LogP contribution is 2.12. The fraction of sp³-hybridized carbons (Fsp3) is 0.923. The number of urea groups is 1. The Bertz CT molecular complexity index is 259. The van der Waals surface area contributed by atoms with Crippen molar-refractivity contribution in [1.82, 2.24) is 10.6 Å². The fourth-order valence-electron chi connectivity index (χ4n) is 1.88. The molecule has 1 rings (SSSR count). The van der Waals surface area contributed by atoms with Gasteiger partial charge in [0.15, 0.2) is 0 Å². The molecular weight excluding hydrogens is 232 g/mol. The van der Waals surface area contributed by atoms with Gasteiger partial charge in [0.2, 0.25) is 0 Å². The predicted molar refractivity (Wildman–Crippen MR) is 70.6 cm³/mol. The number of hydrogen-bond donors (Lipinski definition) is 2. The van der Waals surface area contributed by atoms with Crippen LogP contribution in [0.5, 0.6) is 0 Å². The smallest absolute Gasteiger partial charge is 0.315 e. The quantitative estimate of drug-likeness (QED) is 0.759. The lowest BCUT2D eigenvalue weighted by Gasteiger charge is -2.19. The largest absolute Gasteiger partial charge is 0.379 e. The summed E-state index contributed by atoms with van der Waals surface area (Å²) in [5.74, 6) is 0.516. The lowest BCUT2D eigenvalue weighted by atomic mass is 10.2. The van der Waals surface area contributed by atoms with Crippen molar-refractivity contribution in [2.75, 3.05) is 19.8 Å². The van der Waals surface area contributed by atoms with E-state index in [9.17, 15) is 4.79 Å². The van der Waals surface area contributed by atoms with Gasteiger partial charge in [0.05, 0.1) is 24.8 Å². The molecule has 18 heavy (non-hydrogen) atoms. The minimum atomic E-state index is -0.141. The van der Waals surface area contributed by atoms with E-state index in [-0.39, 0.29) is 24.2 Å². The molecule has 0 unspecified atom stereocenters. The van der Waals surface area contributed by atoms with Crippen molar-refractivity contribution in [3.05, 3.63) is 0 Å². The topological polar surface area (TPSA) is 59.6 Å². The van der Waals surface area contributed by atoms with Crippen LogP contribution in [0.3, 0.4) is 0 Å². The van der Waals surface area contributed by atoms with Crippen molar-refractivity contribution in [1.29, 1.82) is 0 Å². The number of carbonyl (C=O) groups excluding carboxylic acids is 1. The van der Waals surface area contributed by atoms with Crippen LogP contribution in [0.2, 0.25) is 0 Å². The fourth-order valence-corrected chi connectivity index (χ4v) is 1.88. The van der Waals surface area contributed by atoms with Crippen LogP contribution in [-0.4, -0.2) is 44.0 Å². The summed E-state index contributed by atoms with van der Waals surface area (Å²) < 4.78 is 10.9. The molecule has 0 bridgehead atoms. The molecule has 1 fully saturated rings. The summed E-state index contributed by atoms with van der Waals surface area (Å²) in [6.07, 6.45) is 0.982. The highest BCUT2D eigenvalue weighted by molar-refractivity contribution is 5.74. The van der Waals surface area contributed by atoms with Crippen molar-refractivity contribution in [2.45, 2.75) is 52.3 Å². The van der Waals surface area contributed by atoms with Gasteiger partial charge in [-0.3, -0.25) is 0 Å². The van der Waals surface area contributed by atoms with Gasteiger partial charge in [-0.2, -0.15) is 0 Å². The van der Waals surface area contributed by atoms with Crippen LogP contribution in [0, 0.1) is 5.92 Å². The Kier molecular flexibility index (Phi) is 6.43. The average Bonchev–Trinajstić information content (AvgIpc) is 2.63. The van der Waals surface area contributed by atoms with Gasteiger partial charge < -0.3 is 20.1 Å². The van der Waals surface area contributed by atoms with E-state index < -0.39 is 0 Å². The minimum Gasteiger partial charge on any atom is -0.379 e. The molecule has 2 amide bonds. The van der Waals surface area contributed by atoms with Crippen LogP contribution in [0.1, 0.15) is 34.1 Å². The molecule has 0 aromatic heterocycles. The Hall–Kier alpha value is -0.810. The van der Waals surface area contributed by atoms with E-state index in [2.05, 4.69) is 24.5 Å². The van der Waals surface area contributed by atoms with Gasteiger partial charge in [-0.1, -0.05) is 13.8 Å². The molecule has 1 aliphatic heterocycles. The Morgan fingerprint density at radius 2 is 2.11 bits per heavy atom. The van der Waals surface area contributed by atoms with E-state index in [1.165, 1.54) is 0 Å². The normalized spacial score (nSPS) is 25.2. The molecule has 5 heteroatoms. The van der Waals surface area contributed by atoms with Gasteiger partial charge in [0.1, 0.15) is 0 Å². The van der Waals surface area contributed by atoms with Gasteiger partial charge in [0, 0.05) is 13.2 Å². The minimum absolute atomic E-state index is 0.0152. The lowest BCUT2D eigenvalue weighted by Crippen LogP contribution is -2.48. The summed E-state index contributed by atoms with van der Waals surface area (Å²) in [5.41, 5.74) is 0. The van der Waals surface area contributed by atoms with Crippen LogP contribution in [0.25, 0.3) is 0 Å². The molecule has 3 atom stereocenters. The number of ether oxygens (including phenoxy) is 2. The number of amides is 2. The zero-order chi connectivity index (χ0) is 13.5. The van der Waals surface area contributed by atoms with Crippen LogP contribution >= 0.6 is 0 Å². The first-order chi connectivity index (χ1) is 8.49. The van der Waals surface area contributed by atoms with Gasteiger partial charge in [-0.15, -0.1) is 0 Å². The van der Waals surface area contributed by atoms with Gasteiger partial charge >= 0.3 is 6.03 Å². The maximum atomic E-state index is 11.7. The average molecular weight is 258 g/mol. The molecule has 106 valence electrons. The van der Waals surface area contributed by atoms with Crippen LogP contribution in [-0.2, 0) is 9.47 Å². The number of nitrogens with one attached hydrogen (secondary N) is 2. The molecule has 2 N–H and O–H groups in total. The van der Waals surface area contributed by atoms with E-state index in [4.69, 9.17) is 9.47 Å². The van der Waals surface area contributed by atoms with E-state index >= 15 is 0 Å². The predicted octanol–water partition coefficient (Wildman–Crippen LogP) is 1.52. The standard InChI is InChI=1S/C13H26N2O3/c1-9(2)7-17-8-10(3)14-13(16)15-12-5-6-18-11(12)4/h9-12H,5-8H2,1-4H3,(H2,14,15,16)/t10-,11+,12-/m0/s1. The number of hydrogen-bond acceptors (Lipinski definition) is 3. The van der Waals surface area contributed by atoms with E-state index in [1.54, 1.807) is 0 Å². The zero-order valence-corrected chi connectivity index (χ0v) is 11.9. The first kappa shape index (κ1) is 15.2. The Balaban J connectivity index is 2.14. The first-order valence-corrected chi connectivity index (χ1v) is 6.75. The van der Waals surface area contributed by atoms with E-state index in [1.807, 2.05) is 13.8 Å². The van der Waals surface area contributed by atoms with Crippen LogP contribution in [0.15, 0.2) is 0 Å². The monoisotopic (exact) mass is 258 g/mol. The molecule has 0 aliphatic carbocycles. The van der Waals surface area contributed by atoms with Crippen molar-refractivity contribution >= 4 is 6.03 Å². The summed E-state index contributed by atoms with van der Waals surface area (Å²) in [5, 5.41) is 5.80. The SMILES string of the molecule is CC(C)COC[C@H](C)NC(=O)N[C@H]1CCO[C@@H]1C. The van der Waals surface area contributed by atoms with Crippen molar-refractivity contribution < 1.29 is 14.3 Å². The summed E-state index contributed by atoms with van der Waals surface area (Å²) >= 11 is 0. The molecule has 0 aromatic carbocycles. The summed E-state index contributed by atoms with van der Waals surface area (Å²) in [7, 11) is 0. The molecular formula is C13H26N2O3. The molecule has 0 spiro atoms. The second-order valence-electron chi connectivity index (χ2n) is 5.42. The maximum absolute atomic E-state index is 11.7.